The second kappa shape index (κ2) is 10.3. The Morgan fingerprint density at radius 2 is 1.33 bits per heavy atom. The molecule has 4 aliphatic rings. The van der Waals surface area contributed by atoms with E-state index in [4.69, 9.17) is 9.73 Å². The maximum Gasteiger partial charge on any atom is 0.224 e. The van der Waals surface area contributed by atoms with E-state index in [0.29, 0.717) is 6.61 Å². The zero-order valence-electron chi connectivity index (χ0n) is 17.7. The van der Waals surface area contributed by atoms with Gasteiger partial charge in [0.2, 0.25) is 5.90 Å². The molecule has 168 valence electrons. The lowest BCUT2D eigenvalue weighted by Crippen LogP contribution is -2.13. The predicted octanol–water partition coefficient (Wildman–Crippen LogP) is 7.80. The van der Waals surface area contributed by atoms with Gasteiger partial charge in [0.05, 0.1) is 27.9 Å². The minimum absolute atomic E-state index is 0.216. The standard InChI is InChI=1S/C24H20NOPS6/c1-15-14-26-19(25-15)18-20(27(16-8-4-2-5-9-16)17-10-6-3-7-11-17)31-23(30-18)24-32-21-22(33-24)29-13-12-28-21/h2-11,15H,12-14H2,1H3/t15-/m1/s1. The Labute approximate surface area is 221 Å². The van der Waals surface area contributed by atoms with Crippen molar-refractivity contribution in [1.82, 2.24) is 0 Å². The molecule has 0 radical (unpaired) electrons. The van der Waals surface area contributed by atoms with Gasteiger partial charge in [-0.2, -0.15) is 0 Å². The summed E-state index contributed by atoms with van der Waals surface area (Å²) < 4.78 is 13.3. The molecule has 0 saturated carbocycles. The van der Waals surface area contributed by atoms with Gasteiger partial charge in [0, 0.05) is 16.2 Å². The van der Waals surface area contributed by atoms with E-state index in [2.05, 4.69) is 67.6 Å². The lowest BCUT2D eigenvalue weighted by molar-refractivity contribution is 0.325. The van der Waals surface area contributed by atoms with Crippen LogP contribution in [0.3, 0.4) is 0 Å². The molecule has 6 rings (SSSR count). The molecular formula is C24H20NOPS6. The number of nitrogens with zero attached hydrogens (tertiary/aromatic N) is 1. The zero-order chi connectivity index (χ0) is 22.2. The van der Waals surface area contributed by atoms with Crippen LogP contribution >= 0.6 is 78.5 Å². The Morgan fingerprint density at radius 3 is 1.88 bits per heavy atom. The molecule has 4 aliphatic heterocycles. The summed E-state index contributed by atoms with van der Waals surface area (Å²) in [5, 5.41) is 2.74. The van der Waals surface area contributed by atoms with Crippen molar-refractivity contribution in [2.24, 2.45) is 4.99 Å². The van der Waals surface area contributed by atoms with Crippen LogP contribution in [0.4, 0.5) is 0 Å². The van der Waals surface area contributed by atoms with Gasteiger partial charge in [0.1, 0.15) is 6.61 Å². The van der Waals surface area contributed by atoms with Gasteiger partial charge in [-0.25, -0.2) is 4.99 Å². The smallest absolute Gasteiger partial charge is 0.224 e. The summed E-state index contributed by atoms with van der Waals surface area (Å²) in [6, 6.07) is 22.1. The van der Waals surface area contributed by atoms with Gasteiger partial charge in [-0.1, -0.05) is 108 Å². The topological polar surface area (TPSA) is 21.6 Å². The summed E-state index contributed by atoms with van der Waals surface area (Å²) in [7, 11) is -0.696. The molecular weight excluding hydrogens is 542 g/mol. The van der Waals surface area contributed by atoms with Crippen molar-refractivity contribution in [3.8, 4) is 0 Å². The van der Waals surface area contributed by atoms with Gasteiger partial charge in [0.15, 0.2) is 0 Å². The first-order valence-corrected chi connectivity index (χ1v) is 17.1. The first-order valence-electron chi connectivity index (χ1n) is 10.6. The Bertz CT molecular complexity index is 1130. The van der Waals surface area contributed by atoms with Gasteiger partial charge in [0.25, 0.3) is 0 Å². The average molecular weight is 562 g/mol. The molecule has 33 heavy (non-hydrogen) atoms. The fourth-order valence-corrected chi connectivity index (χ4v) is 16.0. The van der Waals surface area contributed by atoms with Crippen LogP contribution in [0.1, 0.15) is 6.92 Å². The molecule has 0 bridgehead atoms. The zero-order valence-corrected chi connectivity index (χ0v) is 23.5. The predicted molar refractivity (Wildman–Crippen MR) is 158 cm³/mol. The molecule has 1 atom stereocenters. The van der Waals surface area contributed by atoms with Gasteiger partial charge in [-0.15, -0.1) is 23.5 Å². The molecule has 0 aromatic heterocycles. The van der Waals surface area contributed by atoms with Crippen LogP contribution in [-0.4, -0.2) is 30.1 Å². The van der Waals surface area contributed by atoms with E-state index < -0.39 is 7.92 Å². The summed E-state index contributed by atoms with van der Waals surface area (Å²) in [4.78, 5) is 6.10. The summed E-state index contributed by atoms with van der Waals surface area (Å²) in [6.45, 7) is 2.80. The van der Waals surface area contributed by atoms with E-state index in [0.717, 1.165) is 5.90 Å². The van der Waals surface area contributed by atoms with Crippen molar-refractivity contribution >= 4 is 95.0 Å². The van der Waals surface area contributed by atoms with Crippen LogP contribution in [0.2, 0.25) is 0 Å². The minimum Gasteiger partial charge on any atom is -0.475 e. The second-order valence-electron chi connectivity index (χ2n) is 7.49. The molecule has 2 aromatic carbocycles. The third-order valence-corrected chi connectivity index (χ3v) is 17.0. The highest BCUT2D eigenvalue weighted by Gasteiger charge is 2.38. The Morgan fingerprint density at radius 1 is 0.758 bits per heavy atom. The van der Waals surface area contributed by atoms with Gasteiger partial charge >= 0.3 is 0 Å². The molecule has 0 saturated heterocycles. The van der Waals surface area contributed by atoms with Crippen molar-refractivity contribution in [3.05, 3.63) is 87.2 Å². The summed E-state index contributed by atoms with van der Waals surface area (Å²) in [6.07, 6.45) is 0. The summed E-state index contributed by atoms with van der Waals surface area (Å²) in [5.74, 6) is 3.26. The first-order chi connectivity index (χ1) is 16.3. The monoisotopic (exact) mass is 561 g/mol. The Kier molecular flexibility index (Phi) is 7.23. The van der Waals surface area contributed by atoms with Crippen LogP contribution in [0.25, 0.3) is 0 Å². The Hall–Kier alpha value is -0.340. The molecule has 4 heterocycles. The normalized spacial score (nSPS) is 22.8. The van der Waals surface area contributed by atoms with E-state index in [1.807, 2.05) is 70.6 Å². The molecule has 2 nitrogen and oxygen atoms in total. The van der Waals surface area contributed by atoms with E-state index in [1.54, 1.807) is 0 Å². The third-order valence-electron chi connectivity index (χ3n) is 5.06. The molecule has 0 amide bonds. The first kappa shape index (κ1) is 23.1. The minimum atomic E-state index is -0.696. The number of thioether (sulfide) groups is 6. The van der Waals surface area contributed by atoms with E-state index in [1.165, 1.54) is 48.6 Å². The van der Waals surface area contributed by atoms with E-state index >= 15 is 0 Å². The number of hydrogen-bond acceptors (Lipinski definition) is 8. The van der Waals surface area contributed by atoms with Crippen LogP contribution in [0.15, 0.2) is 92.2 Å². The average Bonchev–Trinajstić information content (AvgIpc) is 3.58. The lowest BCUT2D eigenvalue weighted by atomic mass is 10.4. The van der Waals surface area contributed by atoms with Crippen LogP contribution in [0.5, 0.6) is 0 Å². The van der Waals surface area contributed by atoms with Gasteiger partial charge < -0.3 is 4.74 Å². The number of ether oxygens (including phenoxy) is 1. The summed E-state index contributed by atoms with van der Waals surface area (Å²) >= 11 is 11.8. The lowest BCUT2D eigenvalue weighted by Gasteiger charge is -2.20. The van der Waals surface area contributed by atoms with E-state index in [9.17, 15) is 0 Å². The molecule has 0 spiro atoms. The largest absolute Gasteiger partial charge is 0.475 e. The number of aliphatic imine (C=N–C) groups is 1. The highest BCUT2D eigenvalue weighted by atomic mass is 32.3. The maximum absolute atomic E-state index is 6.12. The van der Waals surface area contributed by atoms with E-state index in [-0.39, 0.29) is 6.04 Å². The highest BCUT2D eigenvalue weighted by molar-refractivity contribution is 8.43. The van der Waals surface area contributed by atoms with Crippen molar-refractivity contribution in [3.63, 3.8) is 0 Å². The molecule has 0 fully saturated rings. The molecule has 2 aromatic rings. The van der Waals surface area contributed by atoms with Crippen LogP contribution in [0, 0.1) is 0 Å². The maximum atomic E-state index is 6.12. The summed E-state index contributed by atoms with van der Waals surface area (Å²) in [5.41, 5.74) is 0. The van der Waals surface area contributed by atoms with Crippen molar-refractivity contribution in [1.29, 1.82) is 0 Å². The molecule has 0 aliphatic carbocycles. The highest BCUT2D eigenvalue weighted by Crippen LogP contribution is 2.68. The van der Waals surface area contributed by atoms with Crippen LogP contribution in [-0.2, 0) is 4.74 Å². The number of hydrogen-bond donors (Lipinski definition) is 0. The Balaban J connectivity index is 1.43. The van der Waals surface area contributed by atoms with Crippen molar-refractivity contribution in [2.75, 3.05) is 18.1 Å². The third kappa shape index (κ3) is 4.87. The number of rotatable bonds is 4. The number of benzene rings is 2. The van der Waals surface area contributed by atoms with Gasteiger partial charge in [-0.05, 0) is 25.5 Å². The quantitative estimate of drug-likeness (QED) is 0.351. The molecule has 0 unspecified atom stereocenters. The second-order valence-corrected chi connectivity index (χ2v) is 17.3. The van der Waals surface area contributed by atoms with Crippen molar-refractivity contribution < 1.29 is 4.74 Å². The fraction of sp³-hybridized carbons (Fsp3) is 0.208. The van der Waals surface area contributed by atoms with Gasteiger partial charge in [-0.3, -0.25) is 0 Å². The molecule has 0 N–H and O–H groups in total. The fourth-order valence-electron chi connectivity index (χ4n) is 3.59. The molecule has 9 heteroatoms. The van der Waals surface area contributed by atoms with Crippen LogP contribution < -0.4 is 10.6 Å². The SMILES string of the molecule is C[C@@H]1COC(C2=C(P(c3ccccc3)c3ccccc3)SC(=C3SC4=C(SCCS4)S3)S2)=N1. The van der Waals surface area contributed by atoms with Crippen molar-refractivity contribution in [2.45, 2.75) is 13.0 Å².